The summed E-state index contributed by atoms with van der Waals surface area (Å²) in [6.07, 6.45) is 4.59. The number of phenolic OH excluding ortho intramolecular Hbond substituents is 2. The number of unbranched alkanes of at least 4 members (excludes halogenated alkanes) is 2. The highest BCUT2D eigenvalue weighted by Gasteiger charge is 2.24. The van der Waals surface area contributed by atoms with Gasteiger partial charge in [-0.15, -0.1) is 24.8 Å². The van der Waals surface area contributed by atoms with Gasteiger partial charge < -0.3 is 15.5 Å². The van der Waals surface area contributed by atoms with E-state index in [9.17, 15) is 10.2 Å². The second kappa shape index (κ2) is 10.9. The molecule has 1 atom stereocenters. The Labute approximate surface area is 145 Å². The maximum absolute atomic E-state index is 10.2. The maximum atomic E-state index is 10.2. The summed E-state index contributed by atoms with van der Waals surface area (Å²) < 4.78 is 0. The molecule has 1 aromatic carbocycles. The Morgan fingerprint density at radius 2 is 1.82 bits per heavy atom. The standard InChI is InChI=1S/C16H26N2O2.2ClH/c1-2-3-4-7-14(18-11-9-17-10-12-18)13-6-5-8-15(19)16(13)20;;/h5-6,8,14,17,19-20H,2-4,7,9-12H2,1H3;2*1H/t14-;;/m0../s1. The Kier molecular flexibility index (Phi) is 10.6. The fraction of sp³-hybridized carbons (Fsp3) is 0.625. The molecule has 128 valence electrons. The zero-order valence-electron chi connectivity index (χ0n) is 13.1. The number of benzene rings is 1. The summed E-state index contributed by atoms with van der Waals surface area (Å²) in [5.74, 6) is 0.0330. The van der Waals surface area contributed by atoms with Crippen LogP contribution in [0.4, 0.5) is 0 Å². The molecule has 0 saturated carbocycles. The Hall–Kier alpha value is -0.680. The fourth-order valence-corrected chi connectivity index (χ4v) is 2.93. The van der Waals surface area contributed by atoms with Gasteiger partial charge in [0.05, 0.1) is 0 Å². The van der Waals surface area contributed by atoms with Crippen molar-refractivity contribution < 1.29 is 10.2 Å². The van der Waals surface area contributed by atoms with Crippen molar-refractivity contribution in [3.8, 4) is 11.5 Å². The van der Waals surface area contributed by atoms with E-state index in [1.165, 1.54) is 12.8 Å². The van der Waals surface area contributed by atoms with Crippen molar-refractivity contribution in [3.63, 3.8) is 0 Å². The van der Waals surface area contributed by atoms with Crippen LogP contribution in [-0.4, -0.2) is 41.3 Å². The lowest BCUT2D eigenvalue weighted by Crippen LogP contribution is -2.45. The summed E-state index contributed by atoms with van der Waals surface area (Å²) in [6.45, 7) is 6.16. The average molecular weight is 351 g/mol. The zero-order valence-corrected chi connectivity index (χ0v) is 14.8. The van der Waals surface area contributed by atoms with Crippen LogP contribution in [0.5, 0.6) is 11.5 Å². The molecule has 0 aliphatic carbocycles. The molecular formula is C16H28Cl2N2O2. The number of halogens is 2. The van der Waals surface area contributed by atoms with Gasteiger partial charge in [-0.3, -0.25) is 4.90 Å². The highest BCUT2D eigenvalue weighted by molar-refractivity contribution is 5.85. The molecule has 4 nitrogen and oxygen atoms in total. The molecule has 0 aromatic heterocycles. The van der Waals surface area contributed by atoms with Crippen molar-refractivity contribution in [3.05, 3.63) is 23.8 Å². The van der Waals surface area contributed by atoms with Crippen LogP contribution in [0.25, 0.3) is 0 Å². The molecule has 2 rings (SSSR count). The van der Waals surface area contributed by atoms with Crippen LogP contribution < -0.4 is 5.32 Å². The van der Waals surface area contributed by atoms with Gasteiger partial charge >= 0.3 is 0 Å². The van der Waals surface area contributed by atoms with Crippen LogP contribution in [0.15, 0.2) is 18.2 Å². The van der Waals surface area contributed by atoms with Crippen LogP contribution in [0.2, 0.25) is 0 Å². The largest absolute Gasteiger partial charge is 0.504 e. The average Bonchev–Trinajstić information content (AvgIpc) is 2.48. The molecule has 1 heterocycles. The van der Waals surface area contributed by atoms with Crippen molar-refractivity contribution in [1.29, 1.82) is 0 Å². The molecule has 22 heavy (non-hydrogen) atoms. The Balaban J connectivity index is 0.00000220. The Bertz CT molecular complexity index is 427. The lowest BCUT2D eigenvalue weighted by atomic mass is 9.97. The minimum atomic E-state index is -0.0156. The van der Waals surface area contributed by atoms with E-state index in [0.717, 1.165) is 44.6 Å². The molecular weight excluding hydrogens is 323 g/mol. The molecule has 3 N–H and O–H groups in total. The SMILES string of the molecule is CCCCC[C@@H](c1cccc(O)c1O)N1CCNCC1.Cl.Cl. The van der Waals surface area contributed by atoms with E-state index in [1.54, 1.807) is 6.07 Å². The van der Waals surface area contributed by atoms with Crippen LogP contribution in [-0.2, 0) is 0 Å². The van der Waals surface area contributed by atoms with E-state index in [-0.39, 0.29) is 42.4 Å². The number of nitrogens with zero attached hydrogens (tertiary/aromatic N) is 1. The van der Waals surface area contributed by atoms with Gasteiger partial charge in [-0.05, 0) is 12.5 Å². The maximum Gasteiger partial charge on any atom is 0.162 e. The number of rotatable bonds is 6. The van der Waals surface area contributed by atoms with Gasteiger partial charge in [0.2, 0.25) is 0 Å². The second-order valence-corrected chi connectivity index (χ2v) is 5.51. The van der Waals surface area contributed by atoms with Crippen molar-refractivity contribution in [2.75, 3.05) is 26.2 Å². The predicted molar refractivity (Wildman–Crippen MR) is 95.6 cm³/mol. The van der Waals surface area contributed by atoms with Gasteiger partial charge in [0, 0.05) is 37.8 Å². The summed E-state index contributed by atoms with van der Waals surface area (Å²) in [4.78, 5) is 2.42. The van der Waals surface area contributed by atoms with E-state index in [1.807, 2.05) is 12.1 Å². The highest BCUT2D eigenvalue weighted by Crippen LogP contribution is 2.37. The molecule has 1 aliphatic rings. The molecule has 0 unspecified atom stereocenters. The molecule has 6 heteroatoms. The van der Waals surface area contributed by atoms with Crippen LogP contribution in [0.1, 0.15) is 44.2 Å². The van der Waals surface area contributed by atoms with E-state index in [0.29, 0.717) is 0 Å². The van der Waals surface area contributed by atoms with Gasteiger partial charge in [-0.25, -0.2) is 0 Å². The number of phenols is 2. The monoisotopic (exact) mass is 350 g/mol. The van der Waals surface area contributed by atoms with Crippen molar-refractivity contribution in [2.24, 2.45) is 0 Å². The first-order valence-corrected chi connectivity index (χ1v) is 7.69. The number of nitrogens with one attached hydrogen (secondary N) is 1. The summed E-state index contributed by atoms with van der Waals surface area (Å²) >= 11 is 0. The Morgan fingerprint density at radius 1 is 1.14 bits per heavy atom. The molecule has 0 spiro atoms. The van der Waals surface area contributed by atoms with Gasteiger partial charge in [-0.1, -0.05) is 38.3 Å². The van der Waals surface area contributed by atoms with Crippen LogP contribution in [0.3, 0.4) is 0 Å². The predicted octanol–water partition coefficient (Wildman–Crippen LogP) is 3.47. The fourth-order valence-electron chi connectivity index (χ4n) is 2.93. The minimum Gasteiger partial charge on any atom is -0.504 e. The summed E-state index contributed by atoms with van der Waals surface area (Å²) in [5, 5.41) is 23.3. The number of hydrogen-bond acceptors (Lipinski definition) is 4. The third kappa shape index (κ3) is 5.51. The molecule has 1 fully saturated rings. The first kappa shape index (κ1) is 21.3. The van der Waals surface area contributed by atoms with E-state index >= 15 is 0 Å². The third-order valence-corrected chi connectivity index (χ3v) is 4.08. The van der Waals surface area contributed by atoms with E-state index < -0.39 is 0 Å². The molecule has 1 aliphatic heterocycles. The number of piperazine rings is 1. The van der Waals surface area contributed by atoms with Gasteiger partial charge in [0.1, 0.15) is 0 Å². The molecule has 1 aromatic rings. The summed E-state index contributed by atoms with van der Waals surface area (Å²) in [5.41, 5.74) is 0.864. The third-order valence-electron chi connectivity index (χ3n) is 4.08. The van der Waals surface area contributed by atoms with Gasteiger partial charge in [0.15, 0.2) is 11.5 Å². The topological polar surface area (TPSA) is 55.7 Å². The smallest absolute Gasteiger partial charge is 0.162 e. The Morgan fingerprint density at radius 3 is 2.45 bits per heavy atom. The zero-order chi connectivity index (χ0) is 14.4. The normalized spacial score (nSPS) is 16.4. The lowest BCUT2D eigenvalue weighted by Gasteiger charge is -2.35. The molecule has 0 amide bonds. The lowest BCUT2D eigenvalue weighted by molar-refractivity contribution is 0.159. The van der Waals surface area contributed by atoms with Crippen LogP contribution in [0, 0.1) is 0 Å². The van der Waals surface area contributed by atoms with Gasteiger partial charge in [-0.2, -0.15) is 0 Å². The van der Waals surface area contributed by atoms with Crippen LogP contribution >= 0.6 is 24.8 Å². The molecule has 0 radical (unpaired) electrons. The van der Waals surface area contributed by atoms with Crippen molar-refractivity contribution in [1.82, 2.24) is 10.2 Å². The quantitative estimate of drug-likeness (QED) is 0.543. The first-order chi connectivity index (χ1) is 9.74. The van der Waals surface area contributed by atoms with E-state index in [4.69, 9.17) is 0 Å². The summed E-state index contributed by atoms with van der Waals surface area (Å²) in [6, 6.07) is 5.50. The second-order valence-electron chi connectivity index (χ2n) is 5.51. The number of hydrogen-bond donors (Lipinski definition) is 3. The van der Waals surface area contributed by atoms with E-state index in [2.05, 4.69) is 17.1 Å². The van der Waals surface area contributed by atoms with Crippen molar-refractivity contribution >= 4 is 24.8 Å². The van der Waals surface area contributed by atoms with Gasteiger partial charge in [0.25, 0.3) is 0 Å². The number of para-hydroxylation sites is 1. The molecule has 0 bridgehead atoms. The number of aromatic hydroxyl groups is 2. The summed E-state index contributed by atoms with van der Waals surface area (Å²) in [7, 11) is 0. The van der Waals surface area contributed by atoms with Crippen molar-refractivity contribution in [2.45, 2.75) is 38.6 Å². The minimum absolute atomic E-state index is 0. The first-order valence-electron chi connectivity index (χ1n) is 7.69. The molecule has 1 saturated heterocycles. The highest BCUT2D eigenvalue weighted by atomic mass is 35.5.